The number of fused-ring (bicyclic) bond motifs is 1. The quantitative estimate of drug-likeness (QED) is 0.253. The van der Waals surface area contributed by atoms with Gasteiger partial charge in [0.15, 0.2) is 0 Å². The lowest BCUT2D eigenvalue weighted by molar-refractivity contribution is 0.0480. The van der Waals surface area contributed by atoms with Gasteiger partial charge in [0.25, 0.3) is 0 Å². The minimum Gasteiger partial charge on any atom is -0.496 e. The summed E-state index contributed by atoms with van der Waals surface area (Å²) in [5.74, 6) is 0.855. The number of unbranched alkanes of at least 4 members (excludes halogenated alkanes) is 1. The molecule has 1 atom stereocenters. The van der Waals surface area contributed by atoms with E-state index >= 15 is 0 Å². The maximum atomic E-state index is 13.7. The predicted molar refractivity (Wildman–Crippen MR) is 171 cm³/mol. The molecule has 5 rings (SSSR count). The molecule has 2 heterocycles. The van der Waals surface area contributed by atoms with Crippen LogP contribution in [0, 0.1) is 5.82 Å². The molecule has 41 heavy (non-hydrogen) atoms. The summed E-state index contributed by atoms with van der Waals surface area (Å²) in [6.45, 7) is 15.5. The Morgan fingerprint density at radius 3 is 2.10 bits per heavy atom. The van der Waals surface area contributed by atoms with Crippen LogP contribution in [0.3, 0.4) is 0 Å². The first-order chi connectivity index (χ1) is 19.5. The first-order valence-corrected chi connectivity index (χ1v) is 15.2. The molecule has 0 bridgehead atoms. The Morgan fingerprint density at radius 2 is 1.41 bits per heavy atom. The van der Waals surface area contributed by atoms with Gasteiger partial charge < -0.3 is 9.64 Å². The van der Waals surface area contributed by atoms with Crippen molar-refractivity contribution >= 4 is 23.2 Å². The average Bonchev–Trinajstić information content (AvgIpc) is 2.99. The van der Waals surface area contributed by atoms with E-state index in [-0.39, 0.29) is 18.2 Å². The number of hydrogen-bond acceptors (Lipinski definition) is 5. The summed E-state index contributed by atoms with van der Waals surface area (Å²) in [5.41, 5.74) is 2.58. The van der Waals surface area contributed by atoms with E-state index in [4.69, 9.17) is 4.74 Å². The molecule has 1 unspecified atom stereocenters. The molecule has 2 aliphatic heterocycles. The van der Waals surface area contributed by atoms with Gasteiger partial charge >= 0.3 is 0 Å². The van der Waals surface area contributed by atoms with E-state index in [1.807, 2.05) is 12.1 Å². The van der Waals surface area contributed by atoms with Crippen molar-refractivity contribution in [2.75, 3.05) is 72.6 Å². The predicted octanol–water partition coefficient (Wildman–Crippen LogP) is 6.12. The number of halogens is 2. The smallest absolute Gasteiger partial charge is 0.123 e. The molecule has 2 aliphatic rings. The molecule has 0 spiro atoms. The third-order valence-electron chi connectivity index (χ3n) is 9.04. The van der Waals surface area contributed by atoms with Crippen LogP contribution in [0.25, 0.3) is 10.8 Å². The Morgan fingerprint density at radius 1 is 0.756 bits per heavy atom. The lowest BCUT2D eigenvalue weighted by atomic mass is 9.99. The molecule has 2 fully saturated rings. The zero-order chi connectivity index (χ0) is 27.9. The molecule has 0 radical (unpaired) electrons. The van der Waals surface area contributed by atoms with Crippen molar-refractivity contribution in [2.45, 2.75) is 45.2 Å². The van der Waals surface area contributed by atoms with Crippen LogP contribution in [0.4, 0.5) is 4.39 Å². The molecule has 0 aliphatic carbocycles. The summed E-state index contributed by atoms with van der Waals surface area (Å²) in [4.78, 5) is 10.4. The maximum absolute atomic E-state index is 13.7. The number of hydrogen-bond donors (Lipinski definition) is 0. The van der Waals surface area contributed by atoms with Crippen LogP contribution in [0.15, 0.2) is 60.7 Å². The molecule has 2 saturated heterocycles. The summed E-state index contributed by atoms with van der Waals surface area (Å²) in [6.07, 6.45) is 3.41. The van der Waals surface area contributed by atoms with Crippen LogP contribution in [-0.2, 0) is 6.42 Å². The van der Waals surface area contributed by atoms with Gasteiger partial charge in [0.1, 0.15) is 11.6 Å². The fourth-order valence-electron chi connectivity index (χ4n) is 6.52. The monoisotopic (exact) mass is 582 g/mol. The molecular weight excluding hydrogens is 535 g/mol. The second kappa shape index (κ2) is 15.3. The molecule has 224 valence electrons. The fourth-order valence-corrected chi connectivity index (χ4v) is 6.52. The molecule has 5 nitrogen and oxygen atoms in total. The highest BCUT2D eigenvalue weighted by Crippen LogP contribution is 2.30. The lowest BCUT2D eigenvalue weighted by Crippen LogP contribution is -2.53. The first kappa shape index (κ1) is 31.7. The third kappa shape index (κ3) is 8.20. The Bertz CT molecular complexity index is 1210. The van der Waals surface area contributed by atoms with Crippen LogP contribution in [-0.4, -0.2) is 98.2 Å². The Kier molecular flexibility index (Phi) is 11.8. The molecule has 3 aromatic rings. The first-order valence-electron chi connectivity index (χ1n) is 15.2. The van der Waals surface area contributed by atoms with Gasteiger partial charge in [-0.1, -0.05) is 42.5 Å². The van der Waals surface area contributed by atoms with Crippen LogP contribution in [0.5, 0.6) is 5.75 Å². The van der Waals surface area contributed by atoms with E-state index in [0.717, 1.165) is 77.6 Å². The normalized spacial score (nSPS) is 18.5. The highest BCUT2D eigenvalue weighted by atomic mass is 35.5. The van der Waals surface area contributed by atoms with Gasteiger partial charge in [0.2, 0.25) is 0 Å². The zero-order valence-electron chi connectivity index (χ0n) is 25.1. The second-order valence-corrected chi connectivity index (χ2v) is 11.8. The number of benzene rings is 3. The van der Waals surface area contributed by atoms with Gasteiger partial charge in [-0.3, -0.25) is 14.7 Å². The number of aryl methyl sites for hydroxylation is 1. The van der Waals surface area contributed by atoms with Crippen LogP contribution < -0.4 is 4.74 Å². The van der Waals surface area contributed by atoms with Crippen LogP contribution in [0.1, 0.15) is 43.9 Å². The summed E-state index contributed by atoms with van der Waals surface area (Å²) >= 11 is 0. The zero-order valence-corrected chi connectivity index (χ0v) is 25.9. The Hall–Kier alpha value is -2.22. The molecular formula is C34H48ClFN4O. The van der Waals surface area contributed by atoms with Crippen molar-refractivity contribution in [3.8, 4) is 5.75 Å². The van der Waals surface area contributed by atoms with Crippen molar-refractivity contribution in [1.29, 1.82) is 0 Å². The van der Waals surface area contributed by atoms with Gasteiger partial charge in [0.05, 0.1) is 7.11 Å². The van der Waals surface area contributed by atoms with Crippen LogP contribution in [0.2, 0.25) is 0 Å². The number of piperazine rings is 2. The standard InChI is InChI=1S/C34H47FN4O.ClH/c1-27(2)38-22-24-39(25-23-38)33(29-11-14-30(35)15-12-29)26-37-20-18-36(19-21-37)17-7-6-10-32-31-9-5-4-8-28(31)13-16-34(32)40-3;/h4-5,8-9,11-16,27,33H,6-7,10,17-26H2,1-3H3;1H. The van der Waals surface area contributed by atoms with E-state index < -0.39 is 0 Å². The molecule has 3 aromatic carbocycles. The number of ether oxygens (including phenoxy) is 1. The Balaban J connectivity index is 0.00000387. The number of rotatable bonds is 11. The van der Waals surface area contributed by atoms with Gasteiger partial charge in [-0.05, 0) is 74.2 Å². The van der Waals surface area contributed by atoms with Crippen LogP contribution >= 0.6 is 12.4 Å². The van der Waals surface area contributed by atoms with Crippen molar-refractivity contribution in [3.05, 3.63) is 77.6 Å². The molecule has 0 amide bonds. The van der Waals surface area contributed by atoms with E-state index in [0.29, 0.717) is 12.1 Å². The minimum atomic E-state index is -0.153. The van der Waals surface area contributed by atoms with Gasteiger partial charge in [-0.2, -0.15) is 0 Å². The van der Waals surface area contributed by atoms with Crippen molar-refractivity contribution in [2.24, 2.45) is 0 Å². The number of nitrogens with zero attached hydrogens (tertiary/aromatic N) is 4. The SMILES string of the molecule is COc1ccc2ccccc2c1CCCCN1CCN(CC(c2ccc(F)cc2)N2CCN(C(C)C)CC2)CC1.Cl. The maximum Gasteiger partial charge on any atom is 0.123 e. The van der Waals surface area contributed by atoms with E-state index in [1.165, 1.54) is 34.7 Å². The summed E-state index contributed by atoms with van der Waals surface area (Å²) < 4.78 is 19.4. The average molecular weight is 583 g/mol. The topological polar surface area (TPSA) is 22.2 Å². The van der Waals surface area contributed by atoms with Gasteiger partial charge in [0, 0.05) is 76.5 Å². The largest absolute Gasteiger partial charge is 0.496 e. The van der Waals surface area contributed by atoms with E-state index in [2.05, 4.69) is 69.8 Å². The van der Waals surface area contributed by atoms with Gasteiger partial charge in [-0.15, -0.1) is 12.4 Å². The molecule has 0 saturated carbocycles. The summed E-state index contributed by atoms with van der Waals surface area (Å²) in [7, 11) is 1.78. The minimum absolute atomic E-state index is 0. The molecule has 0 aromatic heterocycles. The van der Waals surface area contributed by atoms with Crippen molar-refractivity contribution < 1.29 is 9.13 Å². The Labute approximate surface area is 252 Å². The third-order valence-corrected chi connectivity index (χ3v) is 9.04. The second-order valence-electron chi connectivity index (χ2n) is 11.8. The fraction of sp³-hybridized carbons (Fsp3) is 0.529. The molecule has 7 heteroatoms. The van der Waals surface area contributed by atoms with E-state index in [1.54, 1.807) is 19.2 Å². The lowest BCUT2D eigenvalue weighted by Gasteiger charge is -2.43. The summed E-state index contributed by atoms with van der Waals surface area (Å²) in [5, 5.41) is 2.60. The van der Waals surface area contributed by atoms with Crippen molar-refractivity contribution in [1.82, 2.24) is 19.6 Å². The highest BCUT2D eigenvalue weighted by molar-refractivity contribution is 5.87. The molecule has 0 N–H and O–H groups in total. The number of methoxy groups -OCH3 is 1. The van der Waals surface area contributed by atoms with E-state index in [9.17, 15) is 4.39 Å². The summed E-state index contributed by atoms with van der Waals surface area (Å²) in [6, 6.07) is 21.0. The highest BCUT2D eigenvalue weighted by Gasteiger charge is 2.29. The van der Waals surface area contributed by atoms with Crippen molar-refractivity contribution in [3.63, 3.8) is 0 Å². The van der Waals surface area contributed by atoms with Gasteiger partial charge in [-0.25, -0.2) is 4.39 Å².